The molecule has 1 aromatic carbocycles. The summed E-state index contributed by atoms with van der Waals surface area (Å²) in [6.45, 7) is 4.27. The molecule has 0 atom stereocenters. The highest BCUT2D eigenvalue weighted by Gasteiger charge is 2.09. The van der Waals surface area contributed by atoms with Gasteiger partial charge in [-0.3, -0.25) is 4.79 Å². The van der Waals surface area contributed by atoms with Gasteiger partial charge in [0.2, 0.25) is 0 Å². The number of allylic oxidation sites excluding steroid dienone is 1. The van der Waals surface area contributed by atoms with Gasteiger partial charge in [0, 0.05) is 15.3 Å². The fraction of sp³-hybridized carbons (Fsp3) is 0.190. The number of carbonyl (C=O) groups is 1. The van der Waals surface area contributed by atoms with Gasteiger partial charge in [0.1, 0.15) is 29.6 Å². The number of hydrogen-bond acceptors (Lipinski definition) is 5. The van der Waals surface area contributed by atoms with Crippen molar-refractivity contribution in [1.82, 2.24) is 0 Å². The van der Waals surface area contributed by atoms with E-state index in [-0.39, 0.29) is 5.78 Å². The van der Waals surface area contributed by atoms with Gasteiger partial charge in [0.15, 0.2) is 5.78 Å². The minimum Gasteiger partial charge on any atom is -0.497 e. The maximum atomic E-state index is 12.3. The first-order valence-electron chi connectivity index (χ1n) is 8.20. The number of furan rings is 1. The van der Waals surface area contributed by atoms with Crippen molar-refractivity contribution in [3.05, 3.63) is 75.4 Å². The molecule has 3 rings (SSSR count). The average Bonchev–Trinajstić information content (AvgIpc) is 3.24. The molecule has 4 nitrogen and oxygen atoms in total. The Morgan fingerprint density at radius 2 is 1.85 bits per heavy atom. The molecule has 0 saturated heterocycles. The number of benzene rings is 1. The minimum atomic E-state index is -0.0146. The predicted molar refractivity (Wildman–Crippen MR) is 103 cm³/mol. The Morgan fingerprint density at radius 1 is 1.12 bits per heavy atom. The highest BCUT2D eigenvalue weighted by atomic mass is 32.1. The summed E-state index contributed by atoms with van der Waals surface area (Å²) in [5.41, 5.74) is 0.748. The van der Waals surface area contributed by atoms with E-state index in [1.165, 1.54) is 0 Å². The van der Waals surface area contributed by atoms with Crippen molar-refractivity contribution in [3.63, 3.8) is 0 Å². The Hall–Kier alpha value is -2.79. The van der Waals surface area contributed by atoms with Crippen LogP contribution >= 0.6 is 11.3 Å². The lowest BCUT2D eigenvalue weighted by atomic mass is 10.1. The number of carbonyl (C=O) groups excluding carboxylic acids is 1. The summed E-state index contributed by atoms with van der Waals surface area (Å²) >= 11 is 1.63. The number of rotatable bonds is 7. The Kier molecular flexibility index (Phi) is 5.58. The Labute approximate surface area is 156 Å². The molecule has 26 heavy (non-hydrogen) atoms. The first kappa shape index (κ1) is 18.0. The van der Waals surface area contributed by atoms with Gasteiger partial charge in [-0.05, 0) is 68.5 Å². The third-order valence-electron chi connectivity index (χ3n) is 3.83. The van der Waals surface area contributed by atoms with Crippen LogP contribution in [0, 0.1) is 13.8 Å². The van der Waals surface area contributed by atoms with Crippen molar-refractivity contribution in [2.24, 2.45) is 0 Å². The highest BCUT2D eigenvalue weighted by molar-refractivity contribution is 7.12. The monoisotopic (exact) mass is 368 g/mol. The standard InChI is InChI=1S/C21H20O4S/c1-14-12-20(15(2)26-14)21(22)11-10-18-8-9-19(25-18)13-24-17-6-4-16(23-3)5-7-17/h4-12H,13H2,1-3H3/b11-10+. The number of hydrogen-bond donors (Lipinski definition) is 0. The van der Waals surface area contributed by atoms with E-state index in [9.17, 15) is 4.79 Å². The quantitative estimate of drug-likeness (QED) is 0.411. The van der Waals surface area contributed by atoms with Crippen LogP contribution in [0.4, 0.5) is 0 Å². The minimum absolute atomic E-state index is 0.0146. The molecular formula is C21H20O4S. The van der Waals surface area contributed by atoms with Crippen molar-refractivity contribution < 1.29 is 18.7 Å². The lowest BCUT2D eigenvalue weighted by Crippen LogP contribution is -1.94. The van der Waals surface area contributed by atoms with Crippen LogP contribution in [-0.2, 0) is 6.61 Å². The average molecular weight is 368 g/mol. The second-order valence-corrected chi connectivity index (χ2v) is 7.25. The van der Waals surface area contributed by atoms with E-state index in [0.29, 0.717) is 18.1 Å². The molecule has 0 unspecified atom stereocenters. The van der Waals surface area contributed by atoms with Crippen LogP contribution < -0.4 is 9.47 Å². The number of aryl methyl sites for hydroxylation is 2. The van der Waals surface area contributed by atoms with Gasteiger partial charge in [-0.1, -0.05) is 0 Å². The fourth-order valence-electron chi connectivity index (χ4n) is 2.51. The van der Waals surface area contributed by atoms with Crippen LogP contribution in [0.2, 0.25) is 0 Å². The van der Waals surface area contributed by atoms with Crippen molar-refractivity contribution in [2.75, 3.05) is 7.11 Å². The normalized spacial score (nSPS) is 11.0. The number of ketones is 1. The Morgan fingerprint density at radius 3 is 2.50 bits per heavy atom. The van der Waals surface area contributed by atoms with E-state index < -0.39 is 0 Å². The van der Waals surface area contributed by atoms with Crippen LogP contribution in [0.3, 0.4) is 0 Å². The predicted octanol–water partition coefficient (Wildman–Crippen LogP) is 5.44. The van der Waals surface area contributed by atoms with E-state index >= 15 is 0 Å². The first-order chi connectivity index (χ1) is 12.5. The topological polar surface area (TPSA) is 48.7 Å². The third-order valence-corrected chi connectivity index (χ3v) is 4.79. The summed E-state index contributed by atoms with van der Waals surface area (Å²) in [5.74, 6) is 2.81. The number of thiophene rings is 1. The molecule has 0 fully saturated rings. The molecule has 2 aromatic heterocycles. The summed E-state index contributed by atoms with van der Waals surface area (Å²) in [5, 5.41) is 0. The van der Waals surface area contributed by atoms with Gasteiger partial charge >= 0.3 is 0 Å². The van der Waals surface area contributed by atoms with Crippen molar-refractivity contribution in [1.29, 1.82) is 0 Å². The maximum Gasteiger partial charge on any atom is 0.187 e. The largest absolute Gasteiger partial charge is 0.497 e. The molecule has 0 spiro atoms. The molecule has 0 radical (unpaired) electrons. The van der Waals surface area contributed by atoms with Crippen LogP contribution in [0.25, 0.3) is 6.08 Å². The molecule has 0 aliphatic rings. The molecule has 3 aromatic rings. The fourth-order valence-corrected chi connectivity index (χ4v) is 3.44. The Balaban J connectivity index is 1.58. The van der Waals surface area contributed by atoms with E-state index in [1.807, 2.05) is 56.3 Å². The number of methoxy groups -OCH3 is 1. The lowest BCUT2D eigenvalue weighted by molar-refractivity contribution is 0.104. The summed E-state index contributed by atoms with van der Waals surface area (Å²) in [6.07, 6.45) is 3.23. The van der Waals surface area contributed by atoms with Crippen molar-refractivity contribution >= 4 is 23.2 Å². The molecule has 5 heteroatoms. The Bertz CT molecular complexity index is 916. The van der Waals surface area contributed by atoms with Crippen LogP contribution in [0.1, 0.15) is 31.6 Å². The van der Waals surface area contributed by atoms with Gasteiger partial charge in [0.05, 0.1) is 7.11 Å². The summed E-state index contributed by atoms with van der Waals surface area (Å²) in [4.78, 5) is 14.4. The van der Waals surface area contributed by atoms with Gasteiger partial charge in [0.25, 0.3) is 0 Å². The molecule has 0 saturated carbocycles. The van der Waals surface area contributed by atoms with Crippen LogP contribution in [-0.4, -0.2) is 12.9 Å². The molecule has 2 heterocycles. The maximum absolute atomic E-state index is 12.3. The zero-order chi connectivity index (χ0) is 18.5. The van der Waals surface area contributed by atoms with Gasteiger partial charge in [-0.15, -0.1) is 11.3 Å². The molecule has 0 aliphatic carbocycles. The zero-order valence-corrected chi connectivity index (χ0v) is 15.8. The molecular weight excluding hydrogens is 348 g/mol. The van der Waals surface area contributed by atoms with E-state index in [1.54, 1.807) is 30.6 Å². The molecule has 0 bridgehead atoms. The molecule has 0 amide bonds. The smallest absolute Gasteiger partial charge is 0.187 e. The third kappa shape index (κ3) is 4.43. The second-order valence-electron chi connectivity index (χ2n) is 5.79. The molecule has 0 N–H and O–H groups in total. The summed E-state index contributed by atoms with van der Waals surface area (Å²) in [6, 6.07) is 12.9. The van der Waals surface area contributed by atoms with Crippen LogP contribution in [0.5, 0.6) is 11.5 Å². The second kappa shape index (κ2) is 8.06. The van der Waals surface area contributed by atoms with E-state index in [2.05, 4.69) is 0 Å². The lowest BCUT2D eigenvalue weighted by Gasteiger charge is -2.05. The highest BCUT2D eigenvalue weighted by Crippen LogP contribution is 2.22. The summed E-state index contributed by atoms with van der Waals surface area (Å²) in [7, 11) is 1.62. The van der Waals surface area contributed by atoms with E-state index in [0.717, 1.165) is 26.8 Å². The number of ether oxygens (including phenoxy) is 2. The van der Waals surface area contributed by atoms with Gasteiger partial charge in [-0.25, -0.2) is 0 Å². The summed E-state index contributed by atoms with van der Waals surface area (Å²) < 4.78 is 16.5. The van der Waals surface area contributed by atoms with Gasteiger partial charge < -0.3 is 13.9 Å². The molecule has 134 valence electrons. The zero-order valence-electron chi connectivity index (χ0n) is 14.9. The van der Waals surface area contributed by atoms with Crippen molar-refractivity contribution in [3.8, 4) is 11.5 Å². The van der Waals surface area contributed by atoms with Crippen molar-refractivity contribution in [2.45, 2.75) is 20.5 Å². The SMILES string of the molecule is COc1ccc(OCc2ccc(/C=C/C(=O)c3cc(C)sc3C)o2)cc1. The van der Waals surface area contributed by atoms with Crippen LogP contribution in [0.15, 0.2) is 53.0 Å². The van der Waals surface area contributed by atoms with Gasteiger partial charge in [-0.2, -0.15) is 0 Å². The first-order valence-corrected chi connectivity index (χ1v) is 9.02. The van der Waals surface area contributed by atoms with E-state index in [4.69, 9.17) is 13.9 Å². The molecule has 0 aliphatic heterocycles.